The largest absolute Gasteiger partial charge is 0.469 e. The van der Waals surface area contributed by atoms with Crippen LogP contribution >= 0.6 is 12.6 Å². The molecule has 0 fully saturated rings. The first-order chi connectivity index (χ1) is 8.25. The zero-order chi connectivity index (χ0) is 12.1. The fourth-order valence-corrected chi connectivity index (χ4v) is 1.62. The normalized spacial score (nSPS) is 10.2. The average molecular weight is 247 g/mol. The lowest BCUT2D eigenvalue weighted by molar-refractivity contribution is 0.0953. The van der Waals surface area contributed by atoms with Crippen LogP contribution in [0.4, 0.5) is 0 Å². The minimum absolute atomic E-state index is 0.0788. The zero-order valence-electron chi connectivity index (χ0n) is 9.22. The fraction of sp³-hybridized carbons (Fsp3) is 0.154. The molecule has 0 radical (unpaired) electrons. The van der Waals surface area contributed by atoms with E-state index in [0.29, 0.717) is 18.5 Å². The van der Waals surface area contributed by atoms with Crippen molar-refractivity contribution >= 4 is 18.5 Å². The van der Waals surface area contributed by atoms with Gasteiger partial charge in [-0.2, -0.15) is 0 Å². The lowest BCUT2D eigenvalue weighted by Crippen LogP contribution is -2.25. The van der Waals surface area contributed by atoms with Crippen molar-refractivity contribution in [1.29, 1.82) is 0 Å². The molecule has 0 aliphatic heterocycles. The molecule has 3 nitrogen and oxygen atoms in total. The minimum Gasteiger partial charge on any atom is -0.469 e. The quantitative estimate of drug-likeness (QED) is 0.815. The maximum absolute atomic E-state index is 11.7. The summed E-state index contributed by atoms with van der Waals surface area (Å²) >= 11 is 4.17. The van der Waals surface area contributed by atoms with Crippen molar-refractivity contribution < 1.29 is 9.21 Å². The molecule has 88 valence electrons. The summed E-state index contributed by atoms with van der Waals surface area (Å²) in [6, 6.07) is 10.8. The second kappa shape index (κ2) is 5.59. The van der Waals surface area contributed by atoms with Gasteiger partial charge < -0.3 is 9.73 Å². The molecule has 1 N–H and O–H groups in total. The second-order valence-electron chi connectivity index (χ2n) is 3.63. The number of benzene rings is 1. The molecule has 2 rings (SSSR count). The predicted octanol–water partition coefficient (Wildman–Crippen LogP) is 2.54. The highest BCUT2D eigenvalue weighted by atomic mass is 32.1. The van der Waals surface area contributed by atoms with Gasteiger partial charge in [0.25, 0.3) is 5.91 Å². The molecular formula is C13H13NO2S. The highest BCUT2D eigenvalue weighted by Crippen LogP contribution is 2.07. The van der Waals surface area contributed by atoms with Gasteiger partial charge in [0.2, 0.25) is 0 Å². The minimum atomic E-state index is -0.0788. The standard InChI is InChI=1S/C13H13NO2S/c15-13(10-3-5-12(17)6-4-10)14-8-7-11-2-1-9-16-11/h1-6,9,17H,7-8H2,(H,14,15). The van der Waals surface area contributed by atoms with Gasteiger partial charge in [0, 0.05) is 23.4 Å². The third-order valence-electron chi connectivity index (χ3n) is 2.37. The first-order valence-corrected chi connectivity index (χ1v) is 5.80. The van der Waals surface area contributed by atoms with Gasteiger partial charge in [0.1, 0.15) is 5.76 Å². The van der Waals surface area contributed by atoms with Gasteiger partial charge in [-0.15, -0.1) is 12.6 Å². The smallest absolute Gasteiger partial charge is 0.251 e. The van der Waals surface area contributed by atoms with Gasteiger partial charge in [-0.3, -0.25) is 4.79 Å². The van der Waals surface area contributed by atoms with Gasteiger partial charge in [-0.1, -0.05) is 0 Å². The second-order valence-corrected chi connectivity index (χ2v) is 4.15. The Labute approximate surface area is 105 Å². The molecule has 0 aliphatic carbocycles. The van der Waals surface area contributed by atoms with Crippen molar-refractivity contribution in [3.63, 3.8) is 0 Å². The molecule has 2 aromatic rings. The number of hydrogen-bond donors (Lipinski definition) is 2. The van der Waals surface area contributed by atoms with Crippen LogP contribution in [-0.2, 0) is 6.42 Å². The molecular weight excluding hydrogens is 234 g/mol. The Morgan fingerprint density at radius 3 is 2.65 bits per heavy atom. The first kappa shape index (κ1) is 11.8. The molecule has 1 amide bonds. The van der Waals surface area contributed by atoms with Crippen LogP contribution in [0, 0.1) is 0 Å². The van der Waals surface area contributed by atoms with Crippen LogP contribution in [0.5, 0.6) is 0 Å². The maximum atomic E-state index is 11.7. The summed E-state index contributed by atoms with van der Waals surface area (Å²) in [4.78, 5) is 12.6. The van der Waals surface area contributed by atoms with Gasteiger partial charge >= 0.3 is 0 Å². The number of carbonyl (C=O) groups is 1. The number of furan rings is 1. The van der Waals surface area contributed by atoms with E-state index in [-0.39, 0.29) is 5.91 Å². The van der Waals surface area contributed by atoms with Crippen LogP contribution in [0.3, 0.4) is 0 Å². The van der Waals surface area contributed by atoms with Crippen molar-refractivity contribution in [1.82, 2.24) is 5.32 Å². The van der Waals surface area contributed by atoms with E-state index in [1.54, 1.807) is 30.5 Å². The number of thiol groups is 1. The number of rotatable bonds is 4. The highest BCUT2D eigenvalue weighted by molar-refractivity contribution is 7.80. The van der Waals surface area contributed by atoms with Gasteiger partial charge in [-0.25, -0.2) is 0 Å². The van der Waals surface area contributed by atoms with Crippen LogP contribution in [0.25, 0.3) is 0 Å². The third kappa shape index (κ3) is 3.39. The molecule has 0 atom stereocenters. The molecule has 1 aromatic heterocycles. The summed E-state index contributed by atoms with van der Waals surface area (Å²) < 4.78 is 5.18. The van der Waals surface area contributed by atoms with Crippen LogP contribution in [-0.4, -0.2) is 12.5 Å². The van der Waals surface area contributed by atoms with Crippen molar-refractivity contribution in [2.75, 3.05) is 6.54 Å². The summed E-state index contributed by atoms with van der Waals surface area (Å²) in [6.45, 7) is 0.564. The number of hydrogen-bond acceptors (Lipinski definition) is 3. The SMILES string of the molecule is O=C(NCCc1ccco1)c1ccc(S)cc1. The molecule has 0 saturated heterocycles. The van der Waals surface area contributed by atoms with E-state index in [2.05, 4.69) is 17.9 Å². The predicted molar refractivity (Wildman–Crippen MR) is 68.4 cm³/mol. The Hall–Kier alpha value is -1.68. The Morgan fingerprint density at radius 1 is 1.24 bits per heavy atom. The van der Waals surface area contributed by atoms with Gasteiger partial charge in [0.15, 0.2) is 0 Å². The Kier molecular flexibility index (Phi) is 3.88. The van der Waals surface area contributed by atoms with Gasteiger partial charge in [0.05, 0.1) is 6.26 Å². The van der Waals surface area contributed by atoms with Crippen LogP contribution < -0.4 is 5.32 Å². The molecule has 17 heavy (non-hydrogen) atoms. The molecule has 1 aromatic carbocycles. The summed E-state index contributed by atoms with van der Waals surface area (Å²) in [5.74, 6) is 0.792. The third-order valence-corrected chi connectivity index (χ3v) is 2.66. The highest BCUT2D eigenvalue weighted by Gasteiger charge is 2.04. The molecule has 4 heteroatoms. The first-order valence-electron chi connectivity index (χ1n) is 5.35. The topological polar surface area (TPSA) is 42.2 Å². The lowest BCUT2D eigenvalue weighted by Gasteiger charge is -2.04. The van der Waals surface area contributed by atoms with Crippen molar-refractivity contribution in [2.24, 2.45) is 0 Å². The van der Waals surface area contributed by atoms with E-state index in [1.165, 1.54) is 0 Å². The van der Waals surface area contributed by atoms with Crippen molar-refractivity contribution in [3.8, 4) is 0 Å². The van der Waals surface area contributed by atoms with Crippen molar-refractivity contribution in [3.05, 3.63) is 54.0 Å². The molecule has 0 unspecified atom stereocenters. The van der Waals surface area contributed by atoms with Crippen LogP contribution in [0.15, 0.2) is 52.0 Å². The Morgan fingerprint density at radius 2 is 2.00 bits per heavy atom. The van der Waals surface area contributed by atoms with E-state index in [4.69, 9.17) is 4.42 Å². The Bertz CT molecular complexity index is 477. The molecule has 0 aliphatic rings. The molecule has 0 bridgehead atoms. The van der Waals surface area contributed by atoms with E-state index in [9.17, 15) is 4.79 Å². The number of nitrogens with one attached hydrogen (secondary N) is 1. The van der Waals surface area contributed by atoms with E-state index < -0.39 is 0 Å². The average Bonchev–Trinajstić information content (AvgIpc) is 2.83. The molecule has 0 saturated carbocycles. The summed E-state index contributed by atoms with van der Waals surface area (Å²) in [7, 11) is 0. The monoisotopic (exact) mass is 247 g/mol. The van der Waals surface area contributed by atoms with Crippen LogP contribution in [0.2, 0.25) is 0 Å². The van der Waals surface area contributed by atoms with E-state index >= 15 is 0 Å². The van der Waals surface area contributed by atoms with Crippen LogP contribution in [0.1, 0.15) is 16.1 Å². The Balaban J connectivity index is 1.83. The van der Waals surface area contributed by atoms with Crippen molar-refractivity contribution in [2.45, 2.75) is 11.3 Å². The van der Waals surface area contributed by atoms with Gasteiger partial charge in [-0.05, 0) is 36.4 Å². The zero-order valence-corrected chi connectivity index (χ0v) is 10.1. The summed E-state index contributed by atoms with van der Waals surface area (Å²) in [5.41, 5.74) is 0.641. The summed E-state index contributed by atoms with van der Waals surface area (Å²) in [6.07, 6.45) is 2.33. The van der Waals surface area contributed by atoms with E-state index in [1.807, 2.05) is 12.1 Å². The fourth-order valence-electron chi connectivity index (χ4n) is 1.47. The maximum Gasteiger partial charge on any atom is 0.251 e. The molecule has 1 heterocycles. The lowest BCUT2D eigenvalue weighted by atomic mass is 10.2. The number of amides is 1. The molecule has 0 spiro atoms. The summed E-state index contributed by atoms with van der Waals surface area (Å²) in [5, 5.41) is 2.83. The van der Waals surface area contributed by atoms with E-state index in [0.717, 1.165) is 10.7 Å². The number of carbonyl (C=O) groups excluding carboxylic acids is 1.